The van der Waals surface area contributed by atoms with Crippen molar-refractivity contribution in [3.8, 4) is 5.75 Å². The largest absolute Gasteiger partial charge is 0.507 e. The van der Waals surface area contributed by atoms with Gasteiger partial charge in [-0.05, 0) is 52.0 Å². The second kappa shape index (κ2) is 10.2. The van der Waals surface area contributed by atoms with Gasteiger partial charge in [0.2, 0.25) is 0 Å². The van der Waals surface area contributed by atoms with Gasteiger partial charge in [-0.15, -0.1) is 0 Å². The zero-order chi connectivity index (χ0) is 22.4. The predicted molar refractivity (Wildman–Crippen MR) is 112 cm³/mol. The molecule has 0 saturated carbocycles. The normalized spacial score (nSPS) is 11.2. The monoisotopic (exact) mass is 419 g/mol. The van der Waals surface area contributed by atoms with Crippen LogP contribution in [0.25, 0.3) is 0 Å². The van der Waals surface area contributed by atoms with Crippen LogP contribution in [0.15, 0.2) is 36.4 Å². The molecule has 30 heavy (non-hydrogen) atoms. The Morgan fingerprint density at radius 3 is 2.10 bits per heavy atom. The van der Waals surface area contributed by atoms with Crippen LogP contribution in [0, 0.1) is 11.6 Å². The first kappa shape index (κ1) is 23.3. The van der Waals surface area contributed by atoms with E-state index >= 15 is 0 Å². The Bertz CT molecular complexity index is 888. The molecule has 0 radical (unpaired) electrons. The van der Waals surface area contributed by atoms with E-state index in [1.807, 2.05) is 0 Å². The molecule has 0 aliphatic heterocycles. The number of carbonyl (C=O) groups is 2. The Hall–Kier alpha value is -3.00. The van der Waals surface area contributed by atoms with Crippen molar-refractivity contribution in [2.75, 3.05) is 18.4 Å². The number of amides is 2. The lowest BCUT2D eigenvalue weighted by Gasteiger charge is -2.30. The van der Waals surface area contributed by atoms with Gasteiger partial charge in [0.15, 0.2) is 0 Å². The maximum atomic E-state index is 13.3. The molecule has 0 atom stereocenters. The van der Waals surface area contributed by atoms with E-state index in [2.05, 4.69) is 43.2 Å². The number of benzene rings is 2. The third-order valence-electron chi connectivity index (χ3n) is 4.61. The molecule has 8 heteroatoms. The van der Waals surface area contributed by atoms with E-state index in [1.54, 1.807) is 0 Å². The number of rotatable bonds is 8. The van der Waals surface area contributed by atoms with Crippen molar-refractivity contribution in [1.82, 2.24) is 10.2 Å². The van der Waals surface area contributed by atoms with Crippen molar-refractivity contribution in [3.05, 3.63) is 59.2 Å². The lowest BCUT2D eigenvalue weighted by Crippen LogP contribution is -2.42. The van der Waals surface area contributed by atoms with Crippen LogP contribution in [-0.4, -0.2) is 47.0 Å². The van der Waals surface area contributed by atoms with Gasteiger partial charge in [-0.25, -0.2) is 8.78 Å². The molecule has 0 saturated heterocycles. The zero-order valence-electron chi connectivity index (χ0n) is 17.5. The summed E-state index contributed by atoms with van der Waals surface area (Å²) in [6.07, 6.45) is 0. The molecule has 6 nitrogen and oxygen atoms in total. The van der Waals surface area contributed by atoms with Gasteiger partial charge in [0, 0.05) is 48.6 Å². The van der Waals surface area contributed by atoms with Crippen LogP contribution >= 0.6 is 0 Å². The highest BCUT2D eigenvalue weighted by atomic mass is 19.1. The highest BCUT2D eigenvalue weighted by Crippen LogP contribution is 2.22. The van der Waals surface area contributed by atoms with E-state index in [4.69, 9.17) is 0 Å². The third-order valence-corrected chi connectivity index (χ3v) is 4.61. The summed E-state index contributed by atoms with van der Waals surface area (Å²) >= 11 is 0. The second-order valence-electron chi connectivity index (χ2n) is 7.53. The maximum Gasteiger partial charge on any atom is 0.255 e. The lowest BCUT2D eigenvalue weighted by molar-refractivity contribution is 0.0936. The number of nitrogens with one attached hydrogen (secondary N) is 2. The Morgan fingerprint density at radius 2 is 1.57 bits per heavy atom. The summed E-state index contributed by atoms with van der Waals surface area (Å²) in [6, 6.07) is 7.14. The van der Waals surface area contributed by atoms with Crippen molar-refractivity contribution >= 4 is 17.5 Å². The number of halogens is 2. The standard InChI is InChI=1S/C22H27F2N3O3/c1-13(2)27(14(3)4)8-7-25-22(30)19-6-5-18(12-20(19)28)26-21(29)15-9-16(23)11-17(24)10-15/h5-6,9-14,28H,7-8H2,1-4H3,(H,25,30)(H,26,29). The molecule has 0 aliphatic carbocycles. The smallest absolute Gasteiger partial charge is 0.255 e. The highest BCUT2D eigenvalue weighted by molar-refractivity contribution is 6.05. The van der Waals surface area contributed by atoms with Crippen LogP contribution in [0.1, 0.15) is 48.4 Å². The number of nitrogens with zero attached hydrogens (tertiary/aromatic N) is 1. The minimum Gasteiger partial charge on any atom is -0.507 e. The summed E-state index contributed by atoms with van der Waals surface area (Å²) in [5.74, 6) is -3.25. The van der Waals surface area contributed by atoms with Crippen LogP contribution < -0.4 is 10.6 Å². The first-order valence-corrected chi connectivity index (χ1v) is 9.73. The number of anilines is 1. The first-order chi connectivity index (χ1) is 14.1. The Balaban J connectivity index is 2.00. The average Bonchev–Trinajstić information content (AvgIpc) is 2.63. The molecular weight excluding hydrogens is 392 g/mol. The molecule has 2 aromatic rings. The Kier molecular flexibility index (Phi) is 7.88. The van der Waals surface area contributed by atoms with Crippen molar-refractivity contribution in [2.45, 2.75) is 39.8 Å². The number of phenols is 1. The van der Waals surface area contributed by atoms with Gasteiger partial charge in [-0.2, -0.15) is 0 Å². The molecule has 0 aliphatic rings. The van der Waals surface area contributed by atoms with Gasteiger partial charge >= 0.3 is 0 Å². The minimum absolute atomic E-state index is 0.0606. The van der Waals surface area contributed by atoms with Crippen LogP contribution in [0.3, 0.4) is 0 Å². The van der Waals surface area contributed by atoms with E-state index in [9.17, 15) is 23.5 Å². The Labute approximate surface area is 174 Å². The number of phenolic OH excluding ortho intramolecular Hbond substituents is 1. The van der Waals surface area contributed by atoms with E-state index in [0.29, 0.717) is 31.2 Å². The summed E-state index contributed by atoms with van der Waals surface area (Å²) in [5.41, 5.74) is 0.0450. The zero-order valence-corrected chi connectivity index (χ0v) is 17.5. The fourth-order valence-electron chi connectivity index (χ4n) is 3.20. The summed E-state index contributed by atoms with van der Waals surface area (Å²) in [4.78, 5) is 26.7. The quantitative estimate of drug-likeness (QED) is 0.608. The average molecular weight is 419 g/mol. The molecule has 0 spiro atoms. The van der Waals surface area contributed by atoms with E-state index in [0.717, 1.165) is 12.1 Å². The number of carbonyl (C=O) groups excluding carboxylic acids is 2. The van der Waals surface area contributed by atoms with Crippen molar-refractivity contribution in [1.29, 1.82) is 0 Å². The molecule has 0 bridgehead atoms. The van der Waals surface area contributed by atoms with Crippen LogP contribution in [0.2, 0.25) is 0 Å². The maximum absolute atomic E-state index is 13.3. The fraction of sp³-hybridized carbons (Fsp3) is 0.364. The minimum atomic E-state index is -0.872. The predicted octanol–water partition coefficient (Wildman–Crippen LogP) is 3.77. The molecule has 162 valence electrons. The summed E-state index contributed by atoms with van der Waals surface area (Å²) < 4.78 is 26.5. The fourth-order valence-corrected chi connectivity index (χ4v) is 3.20. The second-order valence-corrected chi connectivity index (χ2v) is 7.53. The van der Waals surface area contributed by atoms with Gasteiger partial charge in [0.05, 0.1) is 5.56 Å². The third kappa shape index (κ3) is 6.25. The summed E-state index contributed by atoms with van der Waals surface area (Å²) in [5, 5.41) is 15.4. The van der Waals surface area contributed by atoms with E-state index in [-0.39, 0.29) is 22.6 Å². The number of hydrogen-bond donors (Lipinski definition) is 3. The van der Waals surface area contributed by atoms with Crippen molar-refractivity contribution < 1.29 is 23.5 Å². The Morgan fingerprint density at radius 1 is 0.967 bits per heavy atom. The van der Waals surface area contributed by atoms with Gasteiger partial charge in [0.25, 0.3) is 11.8 Å². The van der Waals surface area contributed by atoms with Gasteiger partial charge < -0.3 is 15.7 Å². The summed E-state index contributed by atoms with van der Waals surface area (Å²) in [6.45, 7) is 9.41. The highest BCUT2D eigenvalue weighted by Gasteiger charge is 2.16. The molecule has 0 unspecified atom stereocenters. The van der Waals surface area contributed by atoms with Crippen LogP contribution in [0.5, 0.6) is 5.75 Å². The molecule has 2 aromatic carbocycles. The summed E-state index contributed by atoms with van der Waals surface area (Å²) in [7, 11) is 0. The van der Waals surface area contributed by atoms with Crippen molar-refractivity contribution in [2.24, 2.45) is 0 Å². The molecule has 0 heterocycles. The SMILES string of the molecule is CC(C)N(CCNC(=O)c1ccc(NC(=O)c2cc(F)cc(F)c2)cc1O)C(C)C. The van der Waals surface area contributed by atoms with Crippen LogP contribution in [-0.2, 0) is 0 Å². The van der Waals surface area contributed by atoms with Gasteiger partial charge in [0.1, 0.15) is 17.4 Å². The van der Waals surface area contributed by atoms with Gasteiger partial charge in [-0.1, -0.05) is 0 Å². The molecular formula is C22H27F2N3O3. The molecule has 0 aromatic heterocycles. The molecule has 2 rings (SSSR count). The number of aromatic hydroxyl groups is 1. The molecule has 0 fully saturated rings. The van der Waals surface area contributed by atoms with E-state index in [1.165, 1.54) is 18.2 Å². The first-order valence-electron chi connectivity index (χ1n) is 9.73. The van der Waals surface area contributed by atoms with Crippen molar-refractivity contribution in [3.63, 3.8) is 0 Å². The molecule has 3 N–H and O–H groups in total. The molecule has 2 amide bonds. The van der Waals surface area contributed by atoms with Gasteiger partial charge in [-0.3, -0.25) is 14.5 Å². The topological polar surface area (TPSA) is 81.7 Å². The number of hydrogen-bond acceptors (Lipinski definition) is 4. The van der Waals surface area contributed by atoms with E-state index < -0.39 is 23.4 Å². The van der Waals surface area contributed by atoms with Crippen LogP contribution in [0.4, 0.5) is 14.5 Å². The lowest BCUT2D eigenvalue weighted by atomic mass is 10.1.